The molecule has 1 fully saturated rings. The number of benzene rings is 1. The molecule has 1 heterocycles. The van der Waals surface area contributed by atoms with Crippen LogP contribution in [0.5, 0.6) is 0 Å². The van der Waals surface area contributed by atoms with Crippen LogP contribution in [0.1, 0.15) is 73.3 Å². The Morgan fingerprint density at radius 2 is 1.52 bits per heavy atom. The highest BCUT2D eigenvalue weighted by Crippen LogP contribution is 2.41. The second-order valence-corrected chi connectivity index (χ2v) is 10.2. The van der Waals surface area contributed by atoms with Crippen LogP contribution in [-0.4, -0.2) is 40.4 Å². The first-order valence-electron chi connectivity index (χ1n) is 10.9. The molecule has 1 aromatic carbocycles. The van der Waals surface area contributed by atoms with E-state index in [1.54, 1.807) is 0 Å². The van der Waals surface area contributed by atoms with Gasteiger partial charge in [-0.3, -0.25) is 19.2 Å². The summed E-state index contributed by atoms with van der Waals surface area (Å²) in [6.07, 6.45) is 0.227. The van der Waals surface area contributed by atoms with E-state index in [0.29, 0.717) is 5.06 Å². The molecule has 0 bridgehead atoms. The van der Waals surface area contributed by atoms with E-state index in [1.807, 2.05) is 52.0 Å². The van der Waals surface area contributed by atoms with E-state index < -0.39 is 22.7 Å². The van der Waals surface area contributed by atoms with Crippen LogP contribution in [0.25, 0.3) is 0 Å². The van der Waals surface area contributed by atoms with E-state index in [2.05, 4.69) is 18.7 Å². The average molecular weight is 502 g/mol. The second-order valence-electron chi connectivity index (χ2n) is 7.27. The summed E-state index contributed by atoms with van der Waals surface area (Å²) in [5.41, 5.74) is 0.890. The number of ether oxygens (including phenoxy) is 2. The fraction of sp³-hybridized carbons (Fsp3) is 0.565. The number of hydroxylamine groups is 2. The van der Waals surface area contributed by atoms with Crippen molar-refractivity contribution in [3.63, 3.8) is 0 Å². The van der Waals surface area contributed by atoms with Gasteiger partial charge in [-0.1, -0.05) is 72.9 Å². The lowest BCUT2D eigenvalue weighted by Crippen LogP contribution is -2.34. The number of hydrogen-bond donors (Lipinski definition) is 0. The van der Waals surface area contributed by atoms with E-state index in [1.165, 1.54) is 34.9 Å². The van der Waals surface area contributed by atoms with Crippen LogP contribution < -0.4 is 0 Å². The number of rotatable bonds is 8. The molecule has 0 saturated carbocycles. The van der Waals surface area contributed by atoms with Crippen molar-refractivity contribution < 1.29 is 33.5 Å². The SMILES string of the molecule is CC.CC(=O)OCc1ccc(SSC(C)(C)COC(=O)ON2C(=O)CCC2=O)cc1.CCC. The Labute approximate surface area is 204 Å². The minimum Gasteiger partial charge on any atom is -0.461 e. The predicted molar refractivity (Wildman–Crippen MR) is 130 cm³/mol. The summed E-state index contributed by atoms with van der Waals surface area (Å²) in [5, 5.41) is 0.453. The third-order valence-electron chi connectivity index (χ3n) is 3.44. The Kier molecular flexibility index (Phi) is 15.3. The standard InChI is InChI=1S/C18H21NO7S2.C3H8.C2H6/c1-12(20)24-10-13-4-6-14(7-5-13)27-28-18(2,3)11-25-17(23)26-19-15(21)8-9-16(19)22;1-3-2;1-2/h4-7H,8-11H2,1-3H3;3H2,1-2H3;1-2H3. The third-order valence-corrected chi connectivity index (χ3v) is 6.74. The molecule has 2 amide bonds. The maximum Gasteiger partial charge on any atom is 0.534 e. The highest BCUT2D eigenvalue weighted by atomic mass is 33.1. The molecule has 0 aliphatic carbocycles. The van der Waals surface area contributed by atoms with Crippen LogP contribution in [0, 0.1) is 0 Å². The molecule has 0 N–H and O–H groups in total. The number of amides is 2. The Morgan fingerprint density at radius 1 is 1.00 bits per heavy atom. The van der Waals surface area contributed by atoms with Gasteiger partial charge < -0.3 is 9.47 Å². The molecule has 0 atom stereocenters. The summed E-state index contributed by atoms with van der Waals surface area (Å²) >= 11 is 0. The fourth-order valence-electron chi connectivity index (χ4n) is 2.00. The molecular weight excluding hydrogens is 466 g/mol. The number of nitrogens with zero attached hydrogens (tertiary/aromatic N) is 1. The topological polar surface area (TPSA) is 99.2 Å². The van der Waals surface area contributed by atoms with Gasteiger partial charge in [0.2, 0.25) is 0 Å². The Morgan fingerprint density at radius 3 is 2.00 bits per heavy atom. The summed E-state index contributed by atoms with van der Waals surface area (Å²) in [6, 6.07) is 7.56. The van der Waals surface area contributed by atoms with Gasteiger partial charge in [0, 0.05) is 24.7 Å². The zero-order valence-corrected chi connectivity index (χ0v) is 22.1. The molecule has 1 aliphatic rings. The zero-order chi connectivity index (χ0) is 25.4. The van der Waals surface area contributed by atoms with E-state index in [4.69, 9.17) is 9.47 Å². The number of carbonyl (C=O) groups is 4. The minimum absolute atomic E-state index is 0.0315. The van der Waals surface area contributed by atoms with Crippen LogP contribution in [-0.2, 0) is 35.3 Å². The first-order chi connectivity index (χ1) is 15.6. The molecule has 1 saturated heterocycles. The number of hydrogen-bond acceptors (Lipinski definition) is 9. The van der Waals surface area contributed by atoms with Crippen molar-refractivity contribution >= 4 is 45.5 Å². The maximum atomic E-state index is 11.7. The molecule has 1 aromatic rings. The van der Waals surface area contributed by atoms with E-state index in [9.17, 15) is 19.2 Å². The Hall–Kier alpha value is -2.20. The third kappa shape index (κ3) is 13.2. The van der Waals surface area contributed by atoms with Gasteiger partial charge in [0.1, 0.15) is 13.2 Å². The molecule has 33 heavy (non-hydrogen) atoms. The van der Waals surface area contributed by atoms with E-state index in [-0.39, 0.29) is 32.0 Å². The number of esters is 1. The highest BCUT2D eigenvalue weighted by molar-refractivity contribution is 8.77. The van der Waals surface area contributed by atoms with Crippen molar-refractivity contribution in [3.8, 4) is 0 Å². The highest BCUT2D eigenvalue weighted by Gasteiger charge is 2.34. The molecule has 0 aromatic heterocycles. The summed E-state index contributed by atoms with van der Waals surface area (Å²) in [4.78, 5) is 51.0. The van der Waals surface area contributed by atoms with Crippen molar-refractivity contribution in [3.05, 3.63) is 29.8 Å². The summed E-state index contributed by atoms with van der Waals surface area (Å²) in [7, 11) is 3.00. The fourth-order valence-corrected chi connectivity index (χ4v) is 4.12. The van der Waals surface area contributed by atoms with Gasteiger partial charge in [-0.2, -0.15) is 0 Å². The van der Waals surface area contributed by atoms with Crippen LogP contribution >= 0.6 is 21.6 Å². The lowest BCUT2D eigenvalue weighted by Gasteiger charge is -2.23. The van der Waals surface area contributed by atoms with Crippen LogP contribution in [0.3, 0.4) is 0 Å². The van der Waals surface area contributed by atoms with Crippen molar-refractivity contribution in [2.45, 2.75) is 84.0 Å². The van der Waals surface area contributed by atoms with Crippen LogP contribution in [0.4, 0.5) is 4.79 Å². The summed E-state index contributed by atoms with van der Waals surface area (Å²) < 4.78 is 9.53. The summed E-state index contributed by atoms with van der Waals surface area (Å²) in [5.74, 6) is -1.43. The van der Waals surface area contributed by atoms with Gasteiger partial charge in [-0.25, -0.2) is 4.79 Å². The summed E-state index contributed by atoms with van der Waals surface area (Å²) in [6.45, 7) is 13.7. The zero-order valence-electron chi connectivity index (χ0n) is 20.5. The monoisotopic (exact) mass is 501 g/mol. The largest absolute Gasteiger partial charge is 0.534 e. The normalized spacial score (nSPS) is 12.8. The van der Waals surface area contributed by atoms with Gasteiger partial charge >= 0.3 is 12.1 Å². The lowest BCUT2D eigenvalue weighted by atomic mass is 10.2. The maximum absolute atomic E-state index is 11.7. The lowest BCUT2D eigenvalue weighted by molar-refractivity contribution is -0.177. The number of carbonyl (C=O) groups excluding carboxylic acids is 4. The molecule has 2 rings (SSSR count). The molecule has 10 heteroatoms. The number of imide groups is 1. The molecule has 186 valence electrons. The molecular formula is C23H35NO7S2. The molecule has 8 nitrogen and oxygen atoms in total. The first kappa shape index (κ1) is 30.8. The first-order valence-corrected chi connectivity index (χ1v) is 13.0. The van der Waals surface area contributed by atoms with Crippen molar-refractivity contribution in [2.24, 2.45) is 0 Å². The average Bonchev–Trinajstić information content (AvgIpc) is 3.10. The van der Waals surface area contributed by atoms with Crippen molar-refractivity contribution in [1.82, 2.24) is 5.06 Å². The second kappa shape index (κ2) is 16.4. The molecule has 0 unspecified atom stereocenters. The van der Waals surface area contributed by atoms with Crippen molar-refractivity contribution in [2.75, 3.05) is 6.61 Å². The minimum atomic E-state index is -1.09. The van der Waals surface area contributed by atoms with Gasteiger partial charge in [0.05, 0.1) is 4.75 Å². The van der Waals surface area contributed by atoms with Crippen LogP contribution in [0.15, 0.2) is 29.2 Å². The smallest absolute Gasteiger partial charge is 0.461 e. The van der Waals surface area contributed by atoms with Gasteiger partial charge in [0.25, 0.3) is 11.8 Å². The van der Waals surface area contributed by atoms with Gasteiger partial charge in [-0.05, 0) is 31.5 Å². The van der Waals surface area contributed by atoms with Gasteiger partial charge in [-0.15, -0.1) is 0 Å². The van der Waals surface area contributed by atoms with Gasteiger partial charge in [0.15, 0.2) is 0 Å². The van der Waals surface area contributed by atoms with E-state index in [0.717, 1.165) is 10.5 Å². The molecule has 1 aliphatic heterocycles. The molecule has 0 spiro atoms. The van der Waals surface area contributed by atoms with E-state index >= 15 is 0 Å². The quantitative estimate of drug-likeness (QED) is 0.244. The van der Waals surface area contributed by atoms with Crippen LogP contribution in [0.2, 0.25) is 0 Å². The Balaban J connectivity index is 0.00000189. The van der Waals surface area contributed by atoms with Crippen molar-refractivity contribution in [1.29, 1.82) is 0 Å². The predicted octanol–water partition coefficient (Wildman–Crippen LogP) is 5.93. The Bertz CT molecular complexity index is 751. The molecule has 0 radical (unpaired) electrons.